The summed E-state index contributed by atoms with van der Waals surface area (Å²) in [6.45, 7) is 4.04. The molecule has 1 saturated carbocycles. The molecule has 0 amide bonds. The Labute approximate surface area is 178 Å². The molecule has 11 heteroatoms. The van der Waals surface area contributed by atoms with Gasteiger partial charge in [0.1, 0.15) is 5.52 Å². The average molecular weight is 449 g/mol. The van der Waals surface area contributed by atoms with Gasteiger partial charge in [-0.2, -0.15) is 4.98 Å². The minimum Gasteiger partial charge on any atom is -0.361 e. The number of pyridine rings is 1. The van der Waals surface area contributed by atoms with Crippen molar-refractivity contribution in [2.24, 2.45) is 5.92 Å². The fourth-order valence-electron chi connectivity index (χ4n) is 3.39. The first-order valence-electron chi connectivity index (χ1n) is 9.50. The number of hydrogen-bond acceptors (Lipinski definition) is 8. The molecule has 30 heavy (non-hydrogen) atoms. The number of aryl methyl sites for hydroxylation is 1. The van der Waals surface area contributed by atoms with Crippen LogP contribution in [0.2, 0.25) is 5.28 Å². The van der Waals surface area contributed by atoms with Crippen LogP contribution in [0.5, 0.6) is 0 Å². The van der Waals surface area contributed by atoms with Crippen LogP contribution in [0, 0.1) is 12.8 Å². The molecule has 1 aliphatic rings. The first-order chi connectivity index (χ1) is 14.1. The SMILES string of the molecule is Cc1nc(Cl)nc2c1nc(NCc1ccc(S(C)(=O)=O)nc1)c(=O)n2[C@@H](C)C1CC1. The van der Waals surface area contributed by atoms with Crippen LogP contribution < -0.4 is 10.9 Å². The molecule has 0 spiro atoms. The topological polar surface area (TPSA) is 120 Å². The van der Waals surface area contributed by atoms with Gasteiger partial charge in [0.2, 0.25) is 5.28 Å². The number of sulfone groups is 1. The maximum absolute atomic E-state index is 13.2. The summed E-state index contributed by atoms with van der Waals surface area (Å²) >= 11 is 6.04. The first kappa shape index (κ1) is 20.7. The van der Waals surface area contributed by atoms with Crippen LogP contribution in [0.1, 0.15) is 37.1 Å². The van der Waals surface area contributed by atoms with Crippen molar-refractivity contribution in [3.8, 4) is 0 Å². The van der Waals surface area contributed by atoms with Gasteiger partial charge in [0.05, 0.1) is 5.69 Å². The summed E-state index contributed by atoms with van der Waals surface area (Å²) in [7, 11) is -3.37. The second kappa shape index (κ2) is 7.59. The van der Waals surface area contributed by atoms with Gasteiger partial charge in [0.25, 0.3) is 5.56 Å². The third-order valence-corrected chi connectivity index (χ3v) is 6.41. The normalized spacial score (nSPS) is 15.3. The van der Waals surface area contributed by atoms with Gasteiger partial charge in [-0.1, -0.05) is 6.07 Å². The highest BCUT2D eigenvalue weighted by atomic mass is 35.5. The molecular weight excluding hydrogens is 428 g/mol. The Kier molecular flexibility index (Phi) is 5.23. The van der Waals surface area contributed by atoms with E-state index in [2.05, 4.69) is 25.3 Å². The Morgan fingerprint density at radius 1 is 1.27 bits per heavy atom. The van der Waals surface area contributed by atoms with Crippen molar-refractivity contribution in [1.29, 1.82) is 0 Å². The summed E-state index contributed by atoms with van der Waals surface area (Å²) in [5.41, 5.74) is 1.97. The van der Waals surface area contributed by atoms with E-state index in [1.165, 1.54) is 12.3 Å². The van der Waals surface area contributed by atoms with Crippen LogP contribution in [0.25, 0.3) is 11.2 Å². The summed E-state index contributed by atoms with van der Waals surface area (Å²) < 4.78 is 24.8. The minimum absolute atomic E-state index is 0.000321. The van der Waals surface area contributed by atoms with E-state index in [9.17, 15) is 13.2 Å². The van der Waals surface area contributed by atoms with Gasteiger partial charge in [-0.25, -0.2) is 23.4 Å². The third-order valence-electron chi connectivity index (χ3n) is 5.23. The lowest BCUT2D eigenvalue weighted by Crippen LogP contribution is -2.29. The molecule has 1 aliphatic carbocycles. The zero-order chi connectivity index (χ0) is 21.6. The summed E-state index contributed by atoms with van der Waals surface area (Å²) in [4.78, 5) is 30.1. The molecule has 1 N–H and O–H groups in total. The number of hydrogen-bond donors (Lipinski definition) is 1. The third kappa shape index (κ3) is 4.01. The molecule has 1 fully saturated rings. The minimum atomic E-state index is -3.37. The highest BCUT2D eigenvalue weighted by Crippen LogP contribution is 2.39. The van der Waals surface area contributed by atoms with Gasteiger partial charge in [0, 0.05) is 25.0 Å². The lowest BCUT2D eigenvalue weighted by Gasteiger charge is -2.18. The van der Waals surface area contributed by atoms with Crippen molar-refractivity contribution >= 4 is 38.4 Å². The van der Waals surface area contributed by atoms with Gasteiger partial charge < -0.3 is 5.32 Å². The Morgan fingerprint density at radius 2 is 2.00 bits per heavy atom. The standard InChI is InChI=1S/C19H21ClN6O3S/c1-10-15-17(25-19(20)23-10)26(11(2)13-5-6-13)18(27)16(24-15)22-9-12-4-7-14(21-8-12)30(3,28)29/h4,7-8,11,13H,5-6,9H2,1-3H3,(H,22,24)/t11-/m0/s1. The Morgan fingerprint density at radius 3 is 2.60 bits per heavy atom. The Hall–Kier alpha value is -2.59. The van der Waals surface area contributed by atoms with Crippen LogP contribution in [0.3, 0.4) is 0 Å². The largest absolute Gasteiger partial charge is 0.361 e. The molecule has 0 unspecified atom stereocenters. The van der Waals surface area contributed by atoms with Crippen molar-refractivity contribution in [2.45, 2.75) is 44.3 Å². The van der Waals surface area contributed by atoms with Gasteiger partial charge in [-0.15, -0.1) is 0 Å². The summed E-state index contributed by atoms with van der Waals surface area (Å²) in [5.74, 6) is 0.596. The molecule has 9 nitrogen and oxygen atoms in total. The molecule has 3 aromatic rings. The molecular formula is C19H21ClN6O3S. The van der Waals surface area contributed by atoms with Crippen molar-refractivity contribution < 1.29 is 8.42 Å². The zero-order valence-electron chi connectivity index (χ0n) is 16.8. The molecule has 0 bridgehead atoms. The maximum atomic E-state index is 13.2. The predicted molar refractivity (Wildman–Crippen MR) is 113 cm³/mol. The van der Waals surface area contributed by atoms with Gasteiger partial charge in [-0.3, -0.25) is 9.36 Å². The molecule has 0 aromatic carbocycles. The highest BCUT2D eigenvalue weighted by Gasteiger charge is 2.32. The first-order valence-corrected chi connectivity index (χ1v) is 11.8. The molecule has 1 atom stereocenters. The molecule has 4 rings (SSSR count). The second-order valence-electron chi connectivity index (χ2n) is 7.59. The number of aromatic nitrogens is 5. The van der Waals surface area contributed by atoms with Crippen LogP contribution in [-0.2, 0) is 16.4 Å². The quantitative estimate of drug-likeness (QED) is 0.571. The van der Waals surface area contributed by atoms with Gasteiger partial charge in [-0.05, 0) is 55.8 Å². The molecule has 158 valence electrons. The second-order valence-corrected chi connectivity index (χ2v) is 9.89. The lowest BCUT2D eigenvalue weighted by atomic mass is 10.2. The van der Waals surface area contributed by atoms with E-state index >= 15 is 0 Å². The van der Waals surface area contributed by atoms with Crippen molar-refractivity contribution in [2.75, 3.05) is 11.6 Å². The smallest absolute Gasteiger partial charge is 0.295 e. The number of fused-ring (bicyclic) bond motifs is 1. The molecule has 0 radical (unpaired) electrons. The molecule has 0 saturated heterocycles. The van der Waals surface area contributed by atoms with E-state index in [4.69, 9.17) is 11.6 Å². The van der Waals surface area contributed by atoms with E-state index in [0.717, 1.165) is 24.7 Å². The average Bonchev–Trinajstić information content (AvgIpc) is 3.51. The van der Waals surface area contributed by atoms with Crippen molar-refractivity contribution in [3.63, 3.8) is 0 Å². The lowest BCUT2D eigenvalue weighted by molar-refractivity contribution is 0.482. The van der Waals surface area contributed by atoms with E-state index in [1.807, 2.05) is 6.92 Å². The van der Waals surface area contributed by atoms with Gasteiger partial charge in [0.15, 0.2) is 26.3 Å². The van der Waals surface area contributed by atoms with E-state index in [0.29, 0.717) is 22.8 Å². The maximum Gasteiger partial charge on any atom is 0.295 e. The summed E-state index contributed by atoms with van der Waals surface area (Å²) in [5, 5.41) is 3.13. The van der Waals surface area contributed by atoms with Crippen LogP contribution in [0.15, 0.2) is 28.2 Å². The number of halogens is 1. The van der Waals surface area contributed by atoms with E-state index in [1.54, 1.807) is 17.6 Å². The zero-order valence-corrected chi connectivity index (χ0v) is 18.3. The number of rotatable bonds is 6. The fourth-order valence-corrected chi connectivity index (χ4v) is 4.16. The van der Waals surface area contributed by atoms with Crippen molar-refractivity contribution in [3.05, 3.63) is 45.2 Å². The van der Waals surface area contributed by atoms with E-state index < -0.39 is 9.84 Å². The van der Waals surface area contributed by atoms with E-state index in [-0.39, 0.29) is 34.3 Å². The van der Waals surface area contributed by atoms with Crippen molar-refractivity contribution in [1.82, 2.24) is 24.5 Å². The highest BCUT2D eigenvalue weighted by molar-refractivity contribution is 7.90. The van der Waals surface area contributed by atoms with Crippen LogP contribution >= 0.6 is 11.6 Å². The summed E-state index contributed by atoms with van der Waals surface area (Å²) in [6.07, 6.45) is 4.70. The molecule has 0 aliphatic heterocycles. The Bertz CT molecular complexity index is 1290. The molecule has 3 heterocycles. The van der Waals surface area contributed by atoms with Crippen LogP contribution in [-0.4, -0.2) is 39.2 Å². The summed E-state index contributed by atoms with van der Waals surface area (Å²) in [6, 6.07) is 3.05. The van der Waals surface area contributed by atoms with Gasteiger partial charge >= 0.3 is 0 Å². The monoisotopic (exact) mass is 448 g/mol. The number of anilines is 1. The predicted octanol–water partition coefficient (Wildman–Crippen LogP) is 2.53. The number of nitrogens with zero attached hydrogens (tertiary/aromatic N) is 5. The number of nitrogens with one attached hydrogen (secondary N) is 1. The molecule has 3 aromatic heterocycles. The fraction of sp³-hybridized carbons (Fsp3) is 0.421. The van der Waals surface area contributed by atoms with Crippen LogP contribution in [0.4, 0.5) is 5.82 Å². The Balaban J connectivity index is 1.72.